The largest absolute Gasteiger partial charge is 0.327 e. The number of hydrogen-bond donors (Lipinski definition) is 0. The third kappa shape index (κ3) is 2.98. The second-order valence-electron chi connectivity index (χ2n) is 6.76. The maximum Gasteiger partial charge on any atom is 0.254 e. The van der Waals surface area contributed by atoms with Crippen molar-refractivity contribution in [2.24, 2.45) is 0 Å². The number of carbonyl (C=O) groups excluding carboxylic acids is 1. The minimum absolute atomic E-state index is 0.259. The van der Waals surface area contributed by atoms with E-state index in [-0.39, 0.29) is 29.4 Å². The highest BCUT2D eigenvalue weighted by molar-refractivity contribution is 7.21. The lowest BCUT2D eigenvalue weighted by Gasteiger charge is -2.33. The average Bonchev–Trinajstić information content (AvgIpc) is 3.33. The van der Waals surface area contributed by atoms with E-state index in [1.165, 1.54) is 35.6 Å². The van der Waals surface area contributed by atoms with Gasteiger partial charge in [0.1, 0.15) is 11.6 Å². The predicted molar refractivity (Wildman–Crippen MR) is 104 cm³/mol. The Bertz CT molecular complexity index is 1300. The predicted octanol–water partition coefficient (Wildman–Crippen LogP) is 4.05. The van der Waals surface area contributed by atoms with Crippen molar-refractivity contribution in [2.75, 3.05) is 6.54 Å². The highest BCUT2D eigenvalue weighted by Gasteiger charge is 2.32. The Morgan fingerprint density at radius 2 is 2.00 bits per heavy atom. The maximum absolute atomic E-state index is 13.5. The number of fused-ring (bicyclic) bond motifs is 2. The maximum atomic E-state index is 13.5. The number of halogens is 2. The lowest BCUT2D eigenvalue weighted by Crippen LogP contribution is -2.41. The van der Waals surface area contributed by atoms with E-state index in [1.54, 1.807) is 11.0 Å². The van der Waals surface area contributed by atoms with E-state index in [4.69, 9.17) is 1.37 Å². The van der Waals surface area contributed by atoms with Gasteiger partial charge in [0.15, 0.2) is 16.7 Å². The molecule has 0 aliphatic carbocycles. The summed E-state index contributed by atoms with van der Waals surface area (Å²) in [7, 11) is 0. The van der Waals surface area contributed by atoms with Crippen molar-refractivity contribution in [3.05, 3.63) is 65.5 Å². The van der Waals surface area contributed by atoms with Crippen LogP contribution >= 0.6 is 11.3 Å². The molecule has 2 aromatic heterocycles. The Balaban J connectivity index is 1.47. The third-order valence-corrected chi connectivity index (χ3v) is 6.02. The van der Waals surface area contributed by atoms with Crippen LogP contribution in [0.4, 0.5) is 8.78 Å². The van der Waals surface area contributed by atoms with Crippen LogP contribution in [0.5, 0.6) is 0 Å². The highest BCUT2D eigenvalue weighted by Crippen LogP contribution is 2.33. The molecule has 0 N–H and O–H groups in total. The number of nitrogens with zero attached hydrogens (tertiary/aromatic N) is 5. The van der Waals surface area contributed by atoms with Crippen molar-refractivity contribution in [2.45, 2.75) is 19.5 Å². The number of aromatic nitrogens is 4. The smallest absolute Gasteiger partial charge is 0.254 e. The first-order chi connectivity index (χ1) is 14.4. The molecule has 0 fully saturated rings. The van der Waals surface area contributed by atoms with Gasteiger partial charge in [-0.15, -0.1) is 21.5 Å². The van der Waals surface area contributed by atoms with E-state index in [9.17, 15) is 13.6 Å². The van der Waals surface area contributed by atoms with Crippen LogP contribution in [0, 0.1) is 11.6 Å². The van der Waals surface area contributed by atoms with Gasteiger partial charge < -0.3 is 9.47 Å². The van der Waals surface area contributed by atoms with Crippen LogP contribution in [0.3, 0.4) is 0 Å². The summed E-state index contributed by atoms with van der Waals surface area (Å²) in [5.74, 6) is -0.0787. The Kier molecular flexibility index (Phi) is 3.86. The fourth-order valence-corrected chi connectivity index (χ4v) is 4.50. The van der Waals surface area contributed by atoms with Crippen molar-refractivity contribution >= 4 is 27.5 Å². The summed E-state index contributed by atoms with van der Waals surface area (Å²) < 4.78 is 37.1. The van der Waals surface area contributed by atoms with Crippen molar-refractivity contribution in [1.29, 1.82) is 0 Å². The van der Waals surface area contributed by atoms with E-state index in [1.807, 2.05) is 11.5 Å². The first kappa shape index (κ1) is 16.7. The number of carbonyl (C=O) groups is 1. The first-order valence-electron chi connectivity index (χ1n) is 9.49. The summed E-state index contributed by atoms with van der Waals surface area (Å²) in [5.41, 5.74) is 0.951. The van der Waals surface area contributed by atoms with Crippen molar-refractivity contribution < 1.29 is 14.9 Å². The fourth-order valence-electron chi connectivity index (χ4n) is 3.52. The molecular weight excluding hydrogens is 396 g/mol. The molecule has 1 aliphatic heterocycles. The van der Waals surface area contributed by atoms with Crippen molar-refractivity contribution in [3.8, 4) is 10.8 Å². The molecule has 1 atom stereocenters. The number of amides is 1. The topological polar surface area (TPSA) is 63.9 Å². The summed E-state index contributed by atoms with van der Waals surface area (Å²) in [6.07, 6.45) is 0. The molecule has 146 valence electrons. The van der Waals surface area contributed by atoms with Crippen LogP contribution in [-0.2, 0) is 6.54 Å². The number of hydrogen-bond acceptors (Lipinski definition) is 5. The van der Waals surface area contributed by atoms with Crippen molar-refractivity contribution in [1.82, 2.24) is 24.6 Å². The second-order valence-corrected chi connectivity index (χ2v) is 7.79. The van der Waals surface area contributed by atoms with Crippen LogP contribution in [0.2, 0.25) is 0 Å². The van der Waals surface area contributed by atoms with Gasteiger partial charge in [-0.1, -0.05) is 0 Å². The zero-order valence-electron chi connectivity index (χ0n) is 16.3. The lowest BCUT2D eigenvalue weighted by atomic mass is 10.1. The molecule has 0 saturated heterocycles. The lowest BCUT2D eigenvalue weighted by molar-refractivity contribution is 0.0638. The van der Waals surface area contributed by atoms with Gasteiger partial charge in [-0.25, -0.2) is 13.8 Å². The highest BCUT2D eigenvalue weighted by atomic mass is 32.1. The Hall–Kier alpha value is -3.20. The van der Waals surface area contributed by atoms with Crippen LogP contribution in [0.15, 0.2) is 42.4 Å². The number of thiazole rings is 1. The van der Waals surface area contributed by atoms with Crippen LogP contribution in [0.25, 0.3) is 21.0 Å². The van der Waals surface area contributed by atoms with Crippen molar-refractivity contribution in [3.63, 3.8) is 0 Å². The SMILES string of the molecule is [2H]c1cc(C(=O)N2CCn3c(-c4nc5ccc(F)cc5s4)nnc3[C@H]2C)ccc1F. The molecule has 1 aliphatic rings. The molecule has 0 saturated carbocycles. The summed E-state index contributed by atoms with van der Waals surface area (Å²) in [6, 6.07) is 7.50. The van der Waals surface area contributed by atoms with Gasteiger partial charge in [0.2, 0.25) is 0 Å². The summed E-state index contributed by atoms with van der Waals surface area (Å²) >= 11 is 1.34. The molecule has 4 aromatic rings. The zero-order valence-corrected chi connectivity index (χ0v) is 16.1. The Morgan fingerprint density at radius 3 is 2.83 bits per heavy atom. The van der Waals surface area contributed by atoms with E-state index < -0.39 is 5.82 Å². The molecule has 0 unspecified atom stereocenters. The molecule has 1 amide bonds. The van der Waals surface area contributed by atoms with E-state index in [0.29, 0.717) is 35.3 Å². The quantitative estimate of drug-likeness (QED) is 0.498. The standard InChI is InChI=1S/C20H15F2N5OS/c1-11-17-24-25-18(19-23-15-7-6-14(22)10-16(15)29-19)27(17)9-8-26(11)20(28)12-2-4-13(21)5-3-12/h2-7,10-11H,8-9H2,1H3/t11-/m1/s1/i4D. The fraction of sp³-hybridized carbons (Fsp3) is 0.200. The van der Waals surface area contributed by atoms with Crippen LogP contribution in [0.1, 0.15) is 30.5 Å². The molecule has 29 heavy (non-hydrogen) atoms. The molecule has 0 spiro atoms. The Labute approximate surface area is 169 Å². The minimum atomic E-state index is -0.668. The number of benzene rings is 2. The normalized spacial score (nSPS) is 16.7. The molecule has 6 nitrogen and oxygen atoms in total. The molecule has 3 heterocycles. The van der Waals surface area contributed by atoms with Gasteiger partial charge in [-0.05, 0) is 49.4 Å². The minimum Gasteiger partial charge on any atom is -0.327 e. The Morgan fingerprint density at radius 1 is 1.17 bits per heavy atom. The monoisotopic (exact) mass is 412 g/mol. The van der Waals surface area contributed by atoms with E-state index in [0.717, 1.165) is 10.8 Å². The van der Waals surface area contributed by atoms with Gasteiger partial charge in [0.05, 0.1) is 17.6 Å². The van der Waals surface area contributed by atoms with Gasteiger partial charge >= 0.3 is 0 Å². The molecular formula is C20H15F2N5OS. The molecule has 0 radical (unpaired) electrons. The van der Waals surface area contributed by atoms with Gasteiger partial charge in [-0.3, -0.25) is 4.79 Å². The third-order valence-electron chi connectivity index (χ3n) is 5.01. The van der Waals surface area contributed by atoms with Crippen LogP contribution < -0.4 is 0 Å². The molecule has 0 bridgehead atoms. The average molecular weight is 412 g/mol. The van der Waals surface area contributed by atoms with E-state index >= 15 is 0 Å². The molecule has 2 aromatic carbocycles. The second kappa shape index (κ2) is 6.70. The first-order valence-corrected chi connectivity index (χ1v) is 9.80. The zero-order chi connectivity index (χ0) is 21.0. The van der Waals surface area contributed by atoms with Gasteiger partial charge in [-0.2, -0.15) is 0 Å². The summed E-state index contributed by atoms with van der Waals surface area (Å²) in [5, 5.41) is 9.19. The van der Waals surface area contributed by atoms with Crippen LogP contribution in [-0.4, -0.2) is 37.1 Å². The van der Waals surface area contributed by atoms with Gasteiger partial charge in [0.25, 0.3) is 5.91 Å². The summed E-state index contributed by atoms with van der Waals surface area (Å²) in [4.78, 5) is 19.1. The number of rotatable bonds is 2. The molecule has 5 rings (SSSR count). The van der Waals surface area contributed by atoms with E-state index in [2.05, 4.69) is 15.2 Å². The molecule has 9 heteroatoms. The summed E-state index contributed by atoms with van der Waals surface area (Å²) in [6.45, 7) is 2.72. The van der Waals surface area contributed by atoms with Gasteiger partial charge in [0, 0.05) is 18.7 Å².